The van der Waals surface area contributed by atoms with E-state index < -0.39 is 6.10 Å². The molecule has 2 rings (SSSR count). The van der Waals surface area contributed by atoms with Crippen molar-refractivity contribution in [3.8, 4) is 0 Å². The van der Waals surface area contributed by atoms with Crippen LogP contribution in [0.1, 0.15) is 54.0 Å². The molecule has 0 aromatic carbocycles. The van der Waals surface area contributed by atoms with E-state index in [0.29, 0.717) is 17.9 Å². The van der Waals surface area contributed by atoms with Crippen LogP contribution in [0.3, 0.4) is 0 Å². The highest BCUT2D eigenvalue weighted by Gasteiger charge is 2.19. The molecular weight excluding hydrogens is 270 g/mol. The van der Waals surface area contributed by atoms with Gasteiger partial charge in [-0.1, -0.05) is 6.92 Å². The maximum Gasteiger partial charge on any atom is 0.287 e. The summed E-state index contributed by atoms with van der Waals surface area (Å²) in [5.41, 5.74) is 0.978. The predicted molar refractivity (Wildman–Crippen MR) is 78.0 cm³/mol. The molecule has 2 atom stereocenters. The third-order valence-electron chi connectivity index (χ3n) is 3.39. The van der Waals surface area contributed by atoms with Gasteiger partial charge in [0.05, 0.1) is 6.26 Å². The van der Waals surface area contributed by atoms with Crippen LogP contribution < -0.4 is 5.32 Å². The molecule has 5 nitrogen and oxygen atoms in total. The third-order valence-corrected chi connectivity index (χ3v) is 3.39. The molecule has 2 heterocycles. The van der Waals surface area contributed by atoms with Gasteiger partial charge in [0.1, 0.15) is 17.6 Å². The topological polar surface area (TPSA) is 75.6 Å². The van der Waals surface area contributed by atoms with Gasteiger partial charge >= 0.3 is 0 Å². The van der Waals surface area contributed by atoms with Crippen LogP contribution in [0.15, 0.2) is 33.3 Å². The van der Waals surface area contributed by atoms with Crippen LogP contribution in [0.2, 0.25) is 0 Å². The molecule has 0 fully saturated rings. The molecule has 0 radical (unpaired) electrons. The number of amides is 1. The first-order chi connectivity index (χ1) is 10.0. The van der Waals surface area contributed by atoms with Gasteiger partial charge in [0.15, 0.2) is 5.76 Å². The van der Waals surface area contributed by atoms with Crippen LogP contribution in [0.4, 0.5) is 0 Å². The fourth-order valence-corrected chi connectivity index (χ4v) is 2.27. The molecule has 5 heteroatoms. The molecule has 0 bridgehead atoms. The van der Waals surface area contributed by atoms with E-state index in [0.717, 1.165) is 17.7 Å². The number of carbonyl (C=O) groups excluding carboxylic acids is 1. The summed E-state index contributed by atoms with van der Waals surface area (Å²) < 4.78 is 10.6. The number of aliphatic hydroxyl groups is 1. The van der Waals surface area contributed by atoms with Crippen molar-refractivity contribution < 1.29 is 18.7 Å². The first-order valence-electron chi connectivity index (χ1n) is 7.12. The first kappa shape index (κ1) is 15.4. The standard InChI is InChI=1S/C16H21NO4/c1-4-13-10(2)8-15(21-13)16(19)17-11(3)9-12(18)14-6-5-7-20-14/h5-8,11-12,18H,4,9H2,1-3H3,(H,17,19)/t11-,12+/m1/s1. The Kier molecular flexibility index (Phi) is 4.85. The predicted octanol–water partition coefficient (Wildman–Crippen LogP) is 2.99. The van der Waals surface area contributed by atoms with E-state index in [2.05, 4.69) is 5.32 Å². The fraction of sp³-hybridized carbons (Fsp3) is 0.438. The highest BCUT2D eigenvalue weighted by Crippen LogP contribution is 2.19. The molecule has 0 saturated heterocycles. The van der Waals surface area contributed by atoms with Gasteiger partial charge in [0.25, 0.3) is 5.91 Å². The maximum absolute atomic E-state index is 12.1. The number of aliphatic hydroxyl groups excluding tert-OH is 1. The van der Waals surface area contributed by atoms with E-state index in [1.165, 1.54) is 6.26 Å². The molecule has 2 aromatic heterocycles. The molecule has 114 valence electrons. The first-order valence-corrected chi connectivity index (χ1v) is 7.12. The van der Waals surface area contributed by atoms with Gasteiger partial charge in [0, 0.05) is 18.9 Å². The van der Waals surface area contributed by atoms with Gasteiger partial charge in [-0.25, -0.2) is 0 Å². The summed E-state index contributed by atoms with van der Waals surface area (Å²) in [6.07, 6.45) is 1.91. The number of nitrogens with one attached hydrogen (secondary N) is 1. The van der Waals surface area contributed by atoms with E-state index in [-0.39, 0.29) is 11.9 Å². The summed E-state index contributed by atoms with van der Waals surface area (Å²) >= 11 is 0. The van der Waals surface area contributed by atoms with E-state index in [1.54, 1.807) is 18.2 Å². The molecule has 0 spiro atoms. The summed E-state index contributed by atoms with van der Waals surface area (Å²) in [4.78, 5) is 12.1. The zero-order valence-corrected chi connectivity index (χ0v) is 12.6. The maximum atomic E-state index is 12.1. The Labute approximate surface area is 124 Å². The Morgan fingerprint density at radius 1 is 1.48 bits per heavy atom. The van der Waals surface area contributed by atoms with Gasteiger partial charge in [-0.05, 0) is 37.6 Å². The van der Waals surface area contributed by atoms with Crippen molar-refractivity contribution in [3.63, 3.8) is 0 Å². The summed E-state index contributed by atoms with van der Waals surface area (Å²) in [6, 6.07) is 4.97. The monoisotopic (exact) mass is 291 g/mol. The molecular formula is C16H21NO4. The van der Waals surface area contributed by atoms with E-state index >= 15 is 0 Å². The second-order valence-corrected chi connectivity index (χ2v) is 5.21. The second kappa shape index (κ2) is 6.63. The van der Waals surface area contributed by atoms with Gasteiger partial charge < -0.3 is 19.3 Å². The summed E-state index contributed by atoms with van der Waals surface area (Å²) in [5.74, 6) is 1.36. The van der Waals surface area contributed by atoms with Crippen LogP contribution in [-0.4, -0.2) is 17.1 Å². The molecule has 0 aliphatic rings. The largest absolute Gasteiger partial charge is 0.467 e. The Hall–Kier alpha value is -2.01. The SMILES string of the molecule is CCc1oc(C(=O)N[C@H](C)C[C@H](O)c2ccco2)cc1C. The molecule has 2 N–H and O–H groups in total. The number of hydrogen-bond acceptors (Lipinski definition) is 4. The van der Waals surface area contributed by atoms with Crippen molar-refractivity contribution in [2.45, 2.75) is 45.8 Å². The Bertz CT molecular complexity index is 585. The normalized spacial score (nSPS) is 13.9. The van der Waals surface area contributed by atoms with Gasteiger partial charge in [-0.2, -0.15) is 0 Å². The number of aryl methyl sites for hydroxylation is 2. The smallest absolute Gasteiger partial charge is 0.287 e. The van der Waals surface area contributed by atoms with Gasteiger partial charge in [0.2, 0.25) is 0 Å². The Morgan fingerprint density at radius 2 is 2.24 bits per heavy atom. The van der Waals surface area contributed by atoms with Crippen LogP contribution in [0.25, 0.3) is 0 Å². The number of rotatable bonds is 6. The fourth-order valence-electron chi connectivity index (χ4n) is 2.27. The minimum Gasteiger partial charge on any atom is -0.467 e. The average molecular weight is 291 g/mol. The van der Waals surface area contributed by atoms with Gasteiger partial charge in [-0.3, -0.25) is 4.79 Å². The lowest BCUT2D eigenvalue weighted by Crippen LogP contribution is -2.33. The zero-order chi connectivity index (χ0) is 15.4. The van der Waals surface area contributed by atoms with E-state index in [9.17, 15) is 9.90 Å². The van der Waals surface area contributed by atoms with Crippen LogP contribution in [0, 0.1) is 6.92 Å². The number of furan rings is 2. The highest BCUT2D eigenvalue weighted by molar-refractivity contribution is 5.91. The van der Waals surface area contributed by atoms with Crippen LogP contribution >= 0.6 is 0 Å². The number of carbonyl (C=O) groups is 1. The lowest BCUT2D eigenvalue weighted by molar-refractivity contribution is 0.0875. The summed E-state index contributed by atoms with van der Waals surface area (Å²) in [5, 5.41) is 12.8. The molecule has 1 amide bonds. The number of hydrogen-bond donors (Lipinski definition) is 2. The molecule has 0 aliphatic carbocycles. The second-order valence-electron chi connectivity index (χ2n) is 5.21. The zero-order valence-electron chi connectivity index (χ0n) is 12.6. The van der Waals surface area contributed by atoms with Crippen molar-refractivity contribution in [2.24, 2.45) is 0 Å². The van der Waals surface area contributed by atoms with Crippen molar-refractivity contribution in [2.75, 3.05) is 0 Å². The Balaban J connectivity index is 1.92. The van der Waals surface area contributed by atoms with Crippen molar-refractivity contribution in [1.29, 1.82) is 0 Å². The lowest BCUT2D eigenvalue weighted by Gasteiger charge is -2.15. The van der Waals surface area contributed by atoms with Crippen molar-refractivity contribution in [1.82, 2.24) is 5.32 Å². The minimum atomic E-state index is -0.736. The average Bonchev–Trinajstić information content (AvgIpc) is 3.07. The van der Waals surface area contributed by atoms with Crippen molar-refractivity contribution in [3.05, 3.63) is 47.3 Å². The van der Waals surface area contributed by atoms with Crippen molar-refractivity contribution >= 4 is 5.91 Å². The molecule has 0 unspecified atom stereocenters. The Morgan fingerprint density at radius 3 is 2.81 bits per heavy atom. The highest BCUT2D eigenvalue weighted by atomic mass is 16.4. The quantitative estimate of drug-likeness (QED) is 0.858. The lowest BCUT2D eigenvalue weighted by atomic mass is 10.1. The summed E-state index contributed by atoms with van der Waals surface area (Å²) in [7, 11) is 0. The van der Waals surface area contributed by atoms with Gasteiger partial charge in [-0.15, -0.1) is 0 Å². The van der Waals surface area contributed by atoms with E-state index in [4.69, 9.17) is 8.83 Å². The van der Waals surface area contributed by atoms with E-state index in [1.807, 2.05) is 20.8 Å². The van der Waals surface area contributed by atoms with Crippen LogP contribution in [-0.2, 0) is 6.42 Å². The third kappa shape index (κ3) is 3.76. The molecule has 0 aliphatic heterocycles. The molecule has 21 heavy (non-hydrogen) atoms. The van der Waals surface area contributed by atoms with Crippen LogP contribution in [0.5, 0.6) is 0 Å². The minimum absolute atomic E-state index is 0.201. The molecule has 2 aromatic rings. The molecule has 0 saturated carbocycles. The summed E-state index contributed by atoms with van der Waals surface area (Å²) in [6.45, 7) is 5.74.